The molecule has 1 saturated heterocycles. The van der Waals surface area contributed by atoms with Crippen LogP contribution < -0.4 is 5.32 Å². The quantitative estimate of drug-likeness (QED) is 0.761. The zero-order valence-electron chi connectivity index (χ0n) is 16.4. The van der Waals surface area contributed by atoms with Crippen LogP contribution >= 0.6 is 0 Å². The number of unbranched alkanes of at least 4 members (excludes halogenated alkanes) is 2. The number of carbonyl (C=O) groups is 2. The van der Waals surface area contributed by atoms with E-state index in [4.69, 9.17) is 0 Å². The molecule has 6 heteroatoms. The Morgan fingerprint density at radius 1 is 1.19 bits per heavy atom. The van der Waals surface area contributed by atoms with E-state index in [1.807, 2.05) is 40.6 Å². The van der Waals surface area contributed by atoms with Crippen molar-refractivity contribution in [2.24, 2.45) is 5.92 Å². The molecule has 146 valence electrons. The lowest BCUT2D eigenvalue weighted by Crippen LogP contribution is -2.37. The summed E-state index contributed by atoms with van der Waals surface area (Å²) < 4.78 is 1.82. The van der Waals surface area contributed by atoms with Gasteiger partial charge in [-0.25, -0.2) is 4.98 Å². The van der Waals surface area contributed by atoms with Gasteiger partial charge in [0.25, 0.3) is 5.91 Å². The molecule has 2 amide bonds. The second-order valence-electron chi connectivity index (χ2n) is 7.60. The summed E-state index contributed by atoms with van der Waals surface area (Å²) in [5.41, 5.74) is 2.12. The second kappa shape index (κ2) is 9.02. The third-order valence-corrected chi connectivity index (χ3v) is 5.41. The van der Waals surface area contributed by atoms with Crippen LogP contribution in [-0.4, -0.2) is 45.7 Å². The van der Waals surface area contributed by atoms with Gasteiger partial charge in [0.05, 0.1) is 5.69 Å². The molecule has 0 bridgehead atoms. The number of nitrogens with zero attached hydrogens (tertiary/aromatic N) is 3. The van der Waals surface area contributed by atoms with Crippen molar-refractivity contribution >= 4 is 17.5 Å². The monoisotopic (exact) mass is 370 g/mol. The van der Waals surface area contributed by atoms with Gasteiger partial charge in [-0.3, -0.25) is 14.0 Å². The summed E-state index contributed by atoms with van der Waals surface area (Å²) in [6.45, 7) is 6.55. The van der Waals surface area contributed by atoms with Crippen LogP contribution in [0.15, 0.2) is 24.4 Å². The Morgan fingerprint density at radius 3 is 2.74 bits per heavy atom. The van der Waals surface area contributed by atoms with Crippen molar-refractivity contribution in [3.05, 3.63) is 35.8 Å². The third-order valence-electron chi connectivity index (χ3n) is 5.41. The molecule has 0 spiro atoms. The first-order valence-corrected chi connectivity index (χ1v) is 10.1. The largest absolute Gasteiger partial charge is 0.351 e. The van der Waals surface area contributed by atoms with Crippen LogP contribution in [0.1, 0.15) is 61.6 Å². The van der Waals surface area contributed by atoms with Crippen LogP contribution in [0.2, 0.25) is 0 Å². The number of aryl methyl sites for hydroxylation is 1. The van der Waals surface area contributed by atoms with Crippen molar-refractivity contribution < 1.29 is 9.59 Å². The van der Waals surface area contributed by atoms with Gasteiger partial charge in [0.2, 0.25) is 5.91 Å². The minimum Gasteiger partial charge on any atom is -0.351 e. The predicted octanol–water partition coefficient (Wildman–Crippen LogP) is 3.19. The molecule has 0 radical (unpaired) electrons. The van der Waals surface area contributed by atoms with Crippen LogP contribution in [0.25, 0.3) is 5.65 Å². The van der Waals surface area contributed by atoms with Crippen LogP contribution in [0, 0.1) is 12.8 Å². The maximum atomic E-state index is 12.5. The van der Waals surface area contributed by atoms with Crippen molar-refractivity contribution in [2.75, 3.05) is 19.6 Å². The number of nitrogens with one attached hydrogen (secondary N) is 1. The third kappa shape index (κ3) is 4.87. The Morgan fingerprint density at radius 2 is 1.96 bits per heavy atom. The number of likely N-dealkylation sites (tertiary alicyclic amines) is 1. The standard InChI is InChI=1S/C21H30N4O2/c1-16-10-14-24(15-11-16)19(26)9-4-3-6-12-22-21(27)20-17(2)23-18-8-5-7-13-25(18)20/h5,7-8,13,16H,3-4,6,9-12,14-15H2,1-2H3,(H,22,27). The van der Waals surface area contributed by atoms with E-state index in [1.165, 1.54) is 0 Å². The van der Waals surface area contributed by atoms with E-state index in [-0.39, 0.29) is 11.8 Å². The average Bonchev–Trinajstić information content (AvgIpc) is 3.00. The summed E-state index contributed by atoms with van der Waals surface area (Å²) in [5, 5.41) is 2.98. The van der Waals surface area contributed by atoms with Gasteiger partial charge in [0.1, 0.15) is 11.3 Å². The molecule has 1 aliphatic rings. The molecule has 0 unspecified atom stereocenters. The van der Waals surface area contributed by atoms with Gasteiger partial charge in [-0.15, -0.1) is 0 Å². The summed E-state index contributed by atoms with van der Waals surface area (Å²) >= 11 is 0. The number of amides is 2. The lowest BCUT2D eigenvalue weighted by molar-refractivity contribution is -0.132. The first-order chi connectivity index (χ1) is 13.1. The summed E-state index contributed by atoms with van der Waals surface area (Å²) in [5.74, 6) is 0.936. The average molecular weight is 370 g/mol. The van der Waals surface area contributed by atoms with Crippen molar-refractivity contribution in [3.63, 3.8) is 0 Å². The number of rotatable bonds is 7. The highest BCUT2D eigenvalue weighted by atomic mass is 16.2. The molecule has 1 aliphatic heterocycles. The molecule has 0 aliphatic carbocycles. The Bertz CT molecular complexity index is 791. The van der Waals surface area contributed by atoms with Gasteiger partial charge in [0.15, 0.2) is 0 Å². The molecule has 1 N–H and O–H groups in total. The molecule has 0 atom stereocenters. The van der Waals surface area contributed by atoms with E-state index in [2.05, 4.69) is 17.2 Å². The highest BCUT2D eigenvalue weighted by Gasteiger charge is 2.19. The van der Waals surface area contributed by atoms with Crippen molar-refractivity contribution in [1.29, 1.82) is 0 Å². The van der Waals surface area contributed by atoms with Gasteiger partial charge in [0, 0.05) is 32.3 Å². The van der Waals surface area contributed by atoms with E-state index in [0.29, 0.717) is 18.7 Å². The molecule has 2 aromatic rings. The van der Waals surface area contributed by atoms with E-state index in [9.17, 15) is 9.59 Å². The van der Waals surface area contributed by atoms with E-state index < -0.39 is 0 Å². The topological polar surface area (TPSA) is 66.7 Å². The summed E-state index contributed by atoms with van der Waals surface area (Å²) in [7, 11) is 0. The smallest absolute Gasteiger partial charge is 0.270 e. The molecule has 6 nitrogen and oxygen atoms in total. The number of piperidine rings is 1. The Labute approximate surface area is 161 Å². The number of aromatic nitrogens is 2. The number of hydrogen-bond donors (Lipinski definition) is 1. The van der Waals surface area contributed by atoms with E-state index in [0.717, 1.165) is 62.5 Å². The molecule has 3 rings (SSSR count). The van der Waals surface area contributed by atoms with Crippen LogP contribution in [0.5, 0.6) is 0 Å². The fraction of sp³-hybridized carbons (Fsp3) is 0.571. The summed E-state index contributed by atoms with van der Waals surface area (Å²) in [6, 6.07) is 5.70. The minimum absolute atomic E-state index is 0.0929. The first kappa shape index (κ1) is 19.4. The van der Waals surface area contributed by atoms with Gasteiger partial charge in [-0.05, 0) is 50.7 Å². The SMILES string of the molecule is Cc1nc2ccccn2c1C(=O)NCCCCCC(=O)N1CCC(C)CC1. The number of fused-ring (bicyclic) bond motifs is 1. The van der Waals surface area contributed by atoms with Crippen molar-refractivity contribution in [3.8, 4) is 0 Å². The summed E-state index contributed by atoms with van der Waals surface area (Å²) in [4.78, 5) is 31.1. The van der Waals surface area contributed by atoms with Crippen LogP contribution in [0.4, 0.5) is 0 Å². The highest BCUT2D eigenvalue weighted by Crippen LogP contribution is 2.17. The number of carbonyl (C=O) groups excluding carboxylic acids is 2. The Hall–Kier alpha value is -2.37. The molecule has 3 heterocycles. The number of hydrogen-bond acceptors (Lipinski definition) is 3. The van der Waals surface area contributed by atoms with Gasteiger partial charge >= 0.3 is 0 Å². The van der Waals surface area contributed by atoms with Crippen LogP contribution in [-0.2, 0) is 4.79 Å². The minimum atomic E-state index is -0.0929. The van der Waals surface area contributed by atoms with E-state index in [1.54, 1.807) is 0 Å². The highest BCUT2D eigenvalue weighted by molar-refractivity contribution is 5.94. The normalized spacial score (nSPS) is 15.3. The molecule has 2 aromatic heterocycles. The summed E-state index contributed by atoms with van der Waals surface area (Å²) in [6.07, 6.45) is 7.44. The maximum absolute atomic E-state index is 12.5. The molecule has 0 aromatic carbocycles. The number of pyridine rings is 1. The molecular formula is C21H30N4O2. The van der Waals surface area contributed by atoms with Crippen molar-refractivity contribution in [2.45, 2.75) is 52.4 Å². The second-order valence-corrected chi connectivity index (χ2v) is 7.60. The fourth-order valence-electron chi connectivity index (χ4n) is 3.67. The molecule has 27 heavy (non-hydrogen) atoms. The van der Waals surface area contributed by atoms with Gasteiger partial charge in [-0.2, -0.15) is 0 Å². The van der Waals surface area contributed by atoms with Crippen molar-refractivity contribution in [1.82, 2.24) is 19.6 Å². The zero-order valence-corrected chi connectivity index (χ0v) is 16.4. The van der Waals surface area contributed by atoms with Gasteiger partial charge < -0.3 is 10.2 Å². The Balaban J connectivity index is 1.36. The lowest BCUT2D eigenvalue weighted by Gasteiger charge is -2.30. The number of imidazole rings is 1. The zero-order chi connectivity index (χ0) is 19.2. The molecular weight excluding hydrogens is 340 g/mol. The fourth-order valence-corrected chi connectivity index (χ4v) is 3.67. The molecule has 0 saturated carbocycles. The van der Waals surface area contributed by atoms with Crippen LogP contribution in [0.3, 0.4) is 0 Å². The molecule has 1 fully saturated rings. The van der Waals surface area contributed by atoms with Gasteiger partial charge in [-0.1, -0.05) is 19.4 Å². The Kier molecular flexibility index (Phi) is 6.48. The maximum Gasteiger partial charge on any atom is 0.270 e. The lowest BCUT2D eigenvalue weighted by atomic mass is 9.99. The predicted molar refractivity (Wildman–Crippen MR) is 106 cm³/mol. The van der Waals surface area contributed by atoms with E-state index >= 15 is 0 Å². The first-order valence-electron chi connectivity index (χ1n) is 10.1.